The van der Waals surface area contributed by atoms with Crippen LogP contribution in [0.1, 0.15) is 15.9 Å². The van der Waals surface area contributed by atoms with Crippen LogP contribution >= 0.6 is 0 Å². The number of carbonyl (C=O) groups is 1. The predicted octanol–water partition coefficient (Wildman–Crippen LogP) is 0.851. The molecule has 0 atom stereocenters. The lowest BCUT2D eigenvalue weighted by atomic mass is 10.1. The van der Waals surface area contributed by atoms with Crippen LogP contribution < -0.4 is 0 Å². The van der Waals surface area contributed by atoms with Gasteiger partial charge in [0.1, 0.15) is 0 Å². The monoisotopic (exact) mass is 166 g/mol. The summed E-state index contributed by atoms with van der Waals surface area (Å²) >= 11 is 0. The van der Waals surface area contributed by atoms with Crippen molar-refractivity contribution in [3.63, 3.8) is 0 Å². The molecule has 1 N–H and O–H groups in total. The van der Waals surface area contributed by atoms with E-state index in [2.05, 4.69) is 4.98 Å². The summed E-state index contributed by atoms with van der Waals surface area (Å²) in [5.74, 6) is -0.444. The number of aromatic nitrogens is 1. The van der Waals surface area contributed by atoms with Crippen LogP contribution in [0, 0.1) is 6.92 Å². The Balaban J connectivity index is 3.03. The summed E-state index contributed by atoms with van der Waals surface area (Å²) < 4.78 is 0. The highest BCUT2D eigenvalue weighted by atomic mass is 16.5. The van der Waals surface area contributed by atoms with Gasteiger partial charge in [-0.1, -0.05) is 0 Å². The lowest BCUT2D eigenvalue weighted by molar-refractivity contribution is -0.0375. The van der Waals surface area contributed by atoms with Crippen LogP contribution in [0.2, 0.25) is 0 Å². The van der Waals surface area contributed by atoms with Gasteiger partial charge in [0, 0.05) is 19.4 Å². The summed E-state index contributed by atoms with van der Waals surface area (Å²) in [6.07, 6.45) is 3.04. The highest BCUT2D eigenvalue weighted by molar-refractivity contribution is 5.94. The van der Waals surface area contributed by atoms with E-state index >= 15 is 0 Å². The molecular weight excluding hydrogens is 156 g/mol. The molecule has 0 fully saturated rings. The molecule has 0 aliphatic heterocycles. The van der Waals surface area contributed by atoms with Crippen molar-refractivity contribution in [1.82, 2.24) is 10.0 Å². The number of rotatable bonds is 1. The van der Waals surface area contributed by atoms with Crippen LogP contribution in [0.4, 0.5) is 0 Å². The number of carbonyl (C=O) groups excluding carboxylic acids is 1. The van der Waals surface area contributed by atoms with Gasteiger partial charge in [0.15, 0.2) is 0 Å². The third-order valence-corrected chi connectivity index (χ3v) is 1.56. The van der Waals surface area contributed by atoms with Crippen LogP contribution in [-0.4, -0.2) is 28.2 Å². The van der Waals surface area contributed by atoms with E-state index in [4.69, 9.17) is 5.21 Å². The van der Waals surface area contributed by atoms with E-state index in [-0.39, 0.29) is 0 Å². The molecule has 4 heteroatoms. The summed E-state index contributed by atoms with van der Waals surface area (Å²) in [4.78, 5) is 15.0. The van der Waals surface area contributed by atoms with Crippen molar-refractivity contribution in [2.75, 3.05) is 7.05 Å². The fourth-order valence-corrected chi connectivity index (χ4v) is 0.862. The Morgan fingerprint density at radius 3 is 2.83 bits per heavy atom. The third kappa shape index (κ3) is 1.60. The summed E-state index contributed by atoms with van der Waals surface area (Å²) in [7, 11) is 1.29. The average molecular weight is 166 g/mol. The Morgan fingerprint density at radius 1 is 1.67 bits per heavy atom. The van der Waals surface area contributed by atoms with Gasteiger partial charge in [-0.25, -0.2) is 5.06 Å². The number of pyridine rings is 1. The third-order valence-electron chi connectivity index (χ3n) is 1.56. The highest BCUT2D eigenvalue weighted by Crippen LogP contribution is 2.06. The van der Waals surface area contributed by atoms with E-state index in [0.717, 1.165) is 5.56 Å². The van der Waals surface area contributed by atoms with E-state index in [0.29, 0.717) is 10.6 Å². The van der Waals surface area contributed by atoms with Gasteiger partial charge in [0.2, 0.25) is 0 Å². The first-order valence-electron chi connectivity index (χ1n) is 3.50. The number of aryl methyl sites for hydroxylation is 1. The van der Waals surface area contributed by atoms with Crippen LogP contribution in [0.15, 0.2) is 18.5 Å². The largest absolute Gasteiger partial charge is 0.286 e. The van der Waals surface area contributed by atoms with Crippen molar-refractivity contribution in [1.29, 1.82) is 0 Å². The maximum atomic E-state index is 11.2. The Kier molecular flexibility index (Phi) is 2.40. The van der Waals surface area contributed by atoms with Gasteiger partial charge in [-0.15, -0.1) is 0 Å². The molecule has 0 spiro atoms. The summed E-state index contributed by atoms with van der Waals surface area (Å²) in [6.45, 7) is 1.79. The first-order chi connectivity index (χ1) is 5.63. The number of nitrogens with zero attached hydrogens (tertiary/aromatic N) is 2. The number of hydrogen-bond donors (Lipinski definition) is 1. The number of amides is 1. The van der Waals surface area contributed by atoms with Gasteiger partial charge >= 0.3 is 0 Å². The second-order valence-corrected chi connectivity index (χ2v) is 2.52. The van der Waals surface area contributed by atoms with Crippen molar-refractivity contribution in [3.8, 4) is 0 Å². The lowest BCUT2D eigenvalue weighted by Crippen LogP contribution is -2.23. The molecule has 1 aromatic rings. The maximum Gasteiger partial charge on any atom is 0.278 e. The topological polar surface area (TPSA) is 53.4 Å². The van der Waals surface area contributed by atoms with Gasteiger partial charge < -0.3 is 0 Å². The smallest absolute Gasteiger partial charge is 0.278 e. The molecule has 0 saturated heterocycles. The molecule has 12 heavy (non-hydrogen) atoms. The Labute approximate surface area is 70.4 Å². The Morgan fingerprint density at radius 2 is 2.33 bits per heavy atom. The van der Waals surface area contributed by atoms with Crippen molar-refractivity contribution >= 4 is 5.91 Å². The van der Waals surface area contributed by atoms with Crippen molar-refractivity contribution in [2.45, 2.75) is 6.92 Å². The predicted molar refractivity (Wildman–Crippen MR) is 42.9 cm³/mol. The first-order valence-corrected chi connectivity index (χ1v) is 3.50. The SMILES string of the molecule is Cc1ccncc1C(=O)N(C)O. The number of hydrogen-bond acceptors (Lipinski definition) is 3. The lowest BCUT2D eigenvalue weighted by Gasteiger charge is -2.09. The normalized spacial score (nSPS) is 9.58. The molecule has 64 valence electrons. The van der Waals surface area contributed by atoms with Crippen molar-refractivity contribution in [3.05, 3.63) is 29.6 Å². The first kappa shape index (κ1) is 8.67. The fraction of sp³-hybridized carbons (Fsp3) is 0.250. The van der Waals surface area contributed by atoms with Crippen LogP contribution in [0.25, 0.3) is 0 Å². The van der Waals surface area contributed by atoms with Crippen LogP contribution in [-0.2, 0) is 0 Å². The van der Waals surface area contributed by atoms with Crippen molar-refractivity contribution < 1.29 is 10.0 Å². The minimum absolute atomic E-state index is 0.419. The van der Waals surface area contributed by atoms with E-state index in [1.165, 1.54) is 13.2 Å². The molecule has 0 saturated carbocycles. The molecule has 1 amide bonds. The average Bonchev–Trinajstić information content (AvgIpc) is 2.04. The van der Waals surface area contributed by atoms with Crippen LogP contribution in [0.3, 0.4) is 0 Å². The fourth-order valence-electron chi connectivity index (χ4n) is 0.862. The zero-order valence-electron chi connectivity index (χ0n) is 6.98. The molecule has 4 nitrogen and oxygen atoms in total. The second kappa shape index (κ2) is 3.32. The molecule has 1 rings (SSSR count). The molecule has 0 aromatic carbocycles. The quantitative estimate of drug-likeness (QED) is 0.497. The zero-order chi connectivity index (χ0) is 9.14. The van der Waals surface area contributed by atoms with E-state index in [1.54, 1.807) is 19.2 Å². The Hall–Kier alpha value is -1.42. The van der Waals surface area contributed by atoms with E-state index in [9.17, 15) is 4.79 Å². The zero-order valence-corrected chi connectivity index (χ0v) is 6.98. The molecular formula is C8H10N2O2. The van der Waals surface area contributed by atoms with Gasteiger partial charge in [-0.05, 0) is 18.6 Å². The minimum atomic E-state index is -0.444. The molecule has 0 unspecified atom stereocenters. The van der Waals surface area contributed by atoms with Crippen LogP contribution in [0.5, 0.6) is 0 Å². The Bertz CT molecular complexity index is 297. The molecule has 0 bridgehead atoms. The maximum absolute atomic E-state index is 11.2. The summed E-state index contributed by atoms with van der Waals surface area (Å²) in [6, 6.07) is 1.72. The molecule has 1 heterocycles. The van der Waals surface area contributed by atoms with Gasteiger partial charge in [-0.3, -0.25) is 15.0 Å². The van der Waals surface area contributed by atoms with Crippen molar-refractivity contribution in [2.24, 2.45) is 0 Å². The highest BCUT2D eigenvalue weighted by Gasteiger charge is 2.11. The minimum Gasteiger partial charge on any atom is -0.286 e. The number of hydroxylamine groups is 2. The molecule has 1 aromatic heterocycles. The van der Waals surface area contributed by atoms with Gasteiger partial charge in [-0.2, -0.15) is 0 Å². The van der Waals surface area contributed by atoms with Gasteiger partial charge in [0.25, 0.3) is 5.91 Å². The molecule has 0 aliphatic rings. The van der Waals surface area contributed by atoms with Gasteiger partial charge in [0.05, 0.1) is 5.56 Å². The standard InChI is InChI=1S/C8H10N2O2/c1-6-3-4-9-5-7(6)8(11)10(2)12/h3-5,12H,1-2H3. The molecule has 0 radical (unpaired) electrons. The van der Waals surface area contributed by atoms with E-state index in [1.807, 2.05) is 0 Å². The molecule has 0 aliphatic carbocycles. The summed E-state index contributed by atoms with van der Waals surface area (Å²) in [5, 5.41) is 9.40. The second-order valence-electron chi connectivity index (χ2n) is 2.52. The summed E-state index contributed by atoms with van der Waals surface area (Å²) in [5.41, 5.74) is 1.22. The van der Waals surface area contributed by atoms with E-state index < -0.39 is 5.91 Å².